The number of benzene rings is 2. The van der Waals surface area contributed by atoms with Crippen LogP contribution in [0.2, 0.25) is 0 Å². The van der Waals surface area contributed by atoms with E-state index in [1.807, 2.05) is 24.3 Å². The van der Waals surface area contributed by atoms with Crippen molar-refractivity contribution in [2.75, 3.05) is 18.4 Å². The van der Waals surface area contributed by atoms with Crippen LogP contribution in [0.25, 0.3) is 10.9 Å². The Morgan fingerprint density at radius 3 is 2.43 bits per heavy atom. The van der Waals surface area contributed by atoms with Crippen LogP contribution in [0.4, 0.5) is 5.82 Å². The molecule has 2 aromatic carbocycles. The minimum Gasteiger partial charge on any atom is -0.365 e. The topological polar surface area (TPSA) is 101 Å². The lowest BCUT2D eigenvalue weighted by Crippen LogP contribution is -2.20. The van der Waals surface area contributed by atoms with E-state index >= 15 is 0 Å². The summed E-state index contributed by atoms with van der Waals surface area (Å²) in [5.41, 5.74) is 1.86. The van der Waals surface area contributed by atoms with Gasteiger partial charge in [0.1, 0.15) is 11.6 Å². The lowest BCUT2D eigenvalue weighted by atomic mass is 10.2. The molecule has 7 nitrogen and oxygen atoms in total. The van der Waals surface area contributed by atoms with Crippen molar-refractivity contribution >= 4 is 26.7 Å². The molecule has 0 saturated carbocycles. The predicted octanol–water partition coefficient (Wildman–Crippen LogP) is 2.49. The monoisotopic (exact) mass is 397 g/mol. The maximum atomic E-state index is 11.4. The summed E-state index contributed by atoms with van der Waals surface area (Å²) in [4.78, 5) is 12.0. The maximum absolute atomic E-state index is 11.4. The summed E-state index contributed by atoms with van der Waals surface area (Å²) >= 11 is 0. The summed E-state index contributed by atoms with van der Waals surface area (Å²) < 4.78 is 22.8. The van der Waals surface area contributed by atoms with Gasteiger partial charge in [-0.1, -0.05) is 24.3 Å². The number of para-hydroxylation sites is 1. The van der Waals surface area contributed by atoms with Gasteiger partial charge in [-0.3, -0.25) is 4.90 Å². The molecule has 0 bridgehead atoms. The third-order valence-corrected chi connectivity index (χ3v) is 5.85. The molecule has 0 spiro atoms. The fourth-order valence-corrected chi connectivity index (χ4v) is 3.97. The van der Waals surface area contributed by atoms with E-state index in [2.05, 4.69) is 10.2 Å². The third kappa shape index (κ3) is 4.30. The molecule has 8 heteroatoms. The van der Waals surface area contributed by atoms with Crippen LogP contribution >= 0.6 is 0 Å². The van der Waals surface area contributed by atoms with Crippen molar-refractivity contribution in [1.82, 2.24) is 14.9 Å². The summed E-state index contributed by atoms with van der Waals surface area (Å²) in [7, 11) is -3.68. The van der Waals surface area contributed by atoms with E-state index < -0.39 is 10.0 Å². The molecule has 3 aromatic rings. The van der Waals surface area contributed by atoms with Crippen LogP contribution in [0.1, 0.15) is 24.2 Å². The minimum atomic E-state index is -3.68. The number of primary sulfonamides is 1. The number of rotatable bonds is 6. The minimum absolute atomic E-state index is 0.108. The molecule has 0 radical (unpaired) electrons. The first-order valence-electron chi connectivity index (χ1n) is 9.33. The Morgan fingerprint density at radius 1 is 1.00 bits per heavy atom. The van der Waals surface area contributed by atoms with Crippen LogP contribution in [-0.2, 0) is 23.1 Å². The summed E-state index contributed by atoms with van der Waals surface area (Å²) in [5.74, 6) is 1.60. The van der Waals surface area contributed by atoms with E-state index in [0.29, 0.717) is 6.54 Å². The lowest BCUT2D eigenvalue weighted by molar-refractivity contribution is 0.323. The summed E-state index contributed by atoms with van der Waals surface area (Å²) in [5, 5.41) is 9.50. The first kappa shape index (κ1) is 18.8. The van der Waals surface area contributed by atoms with E-state index in [0.717, 1.165) is 47.7 Å². The molecule has 0 atom stereocenters. The van der Waals surface area contributed by atoms with E-state index in [1.165, 1.54) is 25.0 Å². The first-order valence-corrected chi connectivity index (χ1v) is 10.9. The zero-order valence-electron chi connectivity index (χ0n) is 15.5. The van der Waals surface area contributed by atoms with E-state index in [9.17, 15) is 8.42 Å². The Morgan fingerprint density at radius 2 is 1.71 bits per heavy atom. The van der Waals surface area contributed by atoms with E-state index in [1.54, 1.807) is 12.1 Å². The first-order chi connectivity index (χ1) is 13.5. The molecular weight excluding hydrogens is 374 g/mol. The molecular formula is C20H23N5O2S. The highest BCUT2D eigenvalue weighted by Crippen LogP contribution is 2.22. The number of aromatic nitrogens is 2. The predicted molar refractivity (Wildman–Crippen MR) is 109 cm³/mol. The second kappa shape index (κ2) is 7.83. The average molecular weight is 398 g/mol. The number of hydrogen-bond donors (Lipinski definition) is 2. The van der Waals surface area contributed by atoms with Gasteiger partial charge in [-0.25, -0.2) is 23.5 Å². The van der Waals surface area contributed by atoms with Crippen molar-refractivity contribution in [1.29, 1.82) is 0 Å². The van der Waals surface area contributed by atoms with Gasteiger partial charge in [0.25, 0.3) is 0 Å². The standard InChI is InChI=1S/C20H23N5O2S/c21-28(26,27)16-9-7-15(8-10-16)13-22-20-17-5-1-2-6-18(17)23-19(24-20)14-25-11-3-4-12-25/h1-2,5-10H,3-4,11-14H2,(H2,21,26,27)(H,22,23,24). The molecule has 28 heavy (non-hydrogen) atoms. The Balaban J connectivity index is 1.56. The number of nitrogens with zero attached hydrogens (tertiary/aromatic N) is 3. The summed E-state index contributed by atoms with van der Waals surface area (Å²) in [6.07, 6.45) is 2.46. The third-order valence-electron chi connectivity index (χ3n) is 4.93. The Kier molecular flexibility index (Phi) is 5.25. The molecule has 2 heterocycles. The van der Waals surface area contributed by atoms with Crippen LogP contribution in [0, 0.1) is 0 Å². The SMILES string of the molecule is NS(=O)(=O)c1ccc(CNc2nc(CN3CCCC3)nc3ccccc23)cc1. The fourth-order valence-electron chi connectivity index (χ4n) is 3.45. The second-order valence-corrected chi connectivity index (χ2v) is 8.59. The largest absolute Gasteiger partial charge is 0.365 e. The quantitative estimate of drug-likeness (QED) is 0.663. The van der Waals surface area contributed by atoms with Crippen LogP contribution < -0.4 is 10.5 Å². The number of hydrogen-bond acceptors (Lipinski definition) is 6. The fraction of sp³-hybridized carbons (Fsp3) is 0.300. The number of nitrogens with two attached hydrogens (primary N) is 1. The van der Waals surface area contributed by atoms with Gasteiger partial charge in [0.05, 0.1) is 17.0 Å². The van der Waals surface area contributed by atoms with Crippen molar-refractivity contribution in [2.24, 2.45) is 5.14 Å². The molecule has 1 aromatic heterocycles. The van der Waals surface area contributed by atoms with Crippen molar-refractivity contribution in [3.05, 3.63) is 59.9 Å². The maximum Gasteiger partial charge on any atom is 0.238 e. The van der Waals surface area contributed by atoms with E-state index in [4.69, 9.17) is 15.1 Å². The molecule has 1 aliphatic rings. The molecule has 0 aliphatic carbocycles. The molecule has 3 N–H and O–H groups in total. The molecule has 0 unspecified atom stereocenters. The number of anilines is 1. The molecule has 0 amide bonds. The highest BCUT2D eigenvalue weighted by atomic mass is 32.2. The Bertz CT molecular complexity index is 1080. The molecule has 1 aliphatic heterocycles. The molecule has 1 saturated heterocycles. The van der Waals surface area contributed by atoms with Gasteiger partial charge in [-0.2, -0.15) is 0 Å². The molecule has 4 rings (SSSR count). The van der Waals surface area contributed by atoms with Crippen LogP contribution in [-0.4, -0.2) is 36.4 Å². The lowest BCUT2D eigenvalue weighted by Gasteiger charge is -2.15. The average Bonchev–Trinajstić information content (AvgIpc) is 3.19. The van der Waals surface area contributed by atoms with Crippen molar-refractivity contribution < 1.29 is 8.42 Å². The number of likely N-dealkylation sites (tertiary alicyclic amines) is 1. The normalized spacial score (nSPS) is 15.2. The van der Waals surface area contributed by atoms with E-state index in [-0.39, 0.29) is 4.90 Å². The van der Waals surface area contributed by atoms with Crippen molar-refractivity contribution in [3.8, 4) is 0 Å². The number of nitrogens with one attached hydrogen (secondary N) is 1. The molecule has 1 fully saturated rings. The van der Waals surface area contributed by atoms with Gasteiger partial charge in [0, 0.05) is 11.9 Å². The van der Waals surface area contributed by atoms with Crippen LogP contribution in [0.3, 0.4) is 0 Å². The van der Waals surface area contributed by atoms with Crippen LogP contribution in [0.15, 0.2) is 53.4 Å². The smallest absolute Gasteiger partial charge is 0.238 e. The second-order valence-electron chi connectivity index (χ2n) is 7.03. The van der Waals surface area contributed by atoms with Crippen LogP contribution in [0.5, 0.6) is 0 Å². The van der Waals surface area contributed by atoms with Gasteiger partial charge in [-0.05, 0) is 55.8 Å². The Hall–Kier alpha value is -2.55. The number of fused-ring (bicyclic) bond motifs is 1. The zero-order valence-corrected chi connectivity index (χ0v) is 16.3. The summed E-state index contributed by atoms with van der Waals surface area (Å²) in [6.45, 7) is 3.46. The van der Waals surface area contributed by atoms with Gasteiger partial charge in [0.15, 0.2) is 0 Å². The highest BCUT2D eigenvalue weighted by Gasteiger charge is 2.15. The van der Waals surface area contributed by atoms with Crippen molar-refractivity contribution in [3.63, 3.8) is 0 Å². The molecule has 146 valence electrons. The van der Waals surface area contributed by atoms with Crippen molar-refractivity contribution in [2.45, 2.75) is 30.8 Å². The Labute approximate surface area is 164 Å². The summed E-state index contributed by atoms with van der Waals surface area (Å²) in [6, 6.07) is 14.5. The van der Waals surface area contributed by atoms with Gasteiger partial charge in [-0.15, -0.1) is 0 Å². The number of sulfonamides is 1. The zero-order chi connectivity index (χ0) is 19.6. The van der Waals surface area contributed by atoms with Gasteiger partial charge < -0.3 is 5.32 Å². The van der Waals surface area contributed by atoms with Gasteiger partial charge >= 0.3 is 0 Å². The highest BCUT2D eigenvalue weighted by molar-refractivity contribution is 7.89. The van der Waals surface area contributed by atoms with Gasteiger partial charge in [0.2, 0.25) is 10.0 Å².